The van der Waals surface area contributed by atoms with E-state index >= 15 is 0 Å². The van der Waals surface area contributed by atoms with Crippen molar-refractivity contribution in [2.24, 2.45) is 0 Å². The summed E-state index contributed by atoms with van der Waals surface area (Å²) in [7, 11) is 0. The summed E-state index contributed by atoms with van der Waals surface area (Å²) >= 11 is 27.9. The highest BCUT2D eigenvalue weighted by Crippen LogP contribution is 2.47. The molecular weight excluding hydrogens is 489 g/mol. The molecule has 1 aromatic carbocycles. The van der Waals surface area contributed by atoms with Crippen LogP contribution >= 0.6 is 58.0 Å². The lowest BCUT2D eigenvalue weighted by molar-refractivity contribution is -0.286. The van der Waals surface area contributed by atoms with E-state index in [4.69, 9.17) is 93.4 Å². The van der Waals surface area contributed by atoms with Gasteiger partial charge in [0.2, 0.25) is 0 Å². The predicted octanol–water partition coefficient (Wildman–Crippen LogP) is 1.53. The van der Waals surface area contributed by atoms with Gasteiger partial charge in [0.1, 0.15) is 34.5 Å². The molecule has 5 atom stereocenters. The molecule has 0 spiro atoms. The molecule has 0 aromatic heterocycles. The molecule has 14 heteroatoms. The second-order valence-electron chi connectivity index (χ2n) is 5.16. The van der Waals surface area contributed by atoms with Gasteiger partial charge in [-0.3, -0.25) is 4.79 Å². The van der Waals surface area contributed by atoms with E-state index in [1.165, 1.54) is 0 Å². The van der Waals surface area contributed by atoms with Crippen molar-refractivity contribution in [1.29, 1.82) is 0 Å². The fourth-order valence-electron chi connectivity index (χ4n) is 1.68. The largest absolute Gasteiger partial charge is 0.505 e. The highest BCUT2D eigenvalue weighted by atomic mass is 35.5. The van der Waals surface area contributed by atoms with Gasteiger partial charge >= 0.3 is 0 Å². The SMILES string of the molecule is CC(=O)O.OC[C@H]1OC(O)[C@@H](O)[C@@H](O)[C@@H]1O.Oc1c(Cl)c(Cl)c(Cl)c(Cl)c1Cl. The Bertz CT molecular complexity index is 561. The second kappa shape index (κ2) is 12.4. The molecule has 1 fully saturated rings. The third-order valence-electron chi connectivity index (χ3n) is 3.05. The van der Waals surface area contributed by atoms with E-state index < -0.39 is 43.3 Å². The lowest BCUT2D eigenvalue weighted by Crippen LogP contribution is -2.58. The van der Waals surface area contributed by atoms with Crippen LogP contribution in [0.2, 0.25) is 25.1 Å². The number of carbonyl (C=O) groups is 1. The standard InChI is InChI=1S/C6HCl5O.C6H12O6.C2H4O2/c7-1-2(8)4(10)6(12)5(11)3(1)9;7-1-2-3(8)4(9)5(10)6(11)12-2;1-2(3)4/h12H;2-11H,1H2;1H3,(H,3,4)/t;2-,3-,4+,5+,6?;/m.1./s1. The number of hydrogen-bond acceptors (Lipinski definition) is 8. The van der Waals surface area contributed by atoms with Crippen LogP contribution in [0.5, 0.6) is 5.75 Å². The zero-order valence-electron chi connectivity index (χ0n) is 13.9. The summed E-state index contributed by atoms with van der Waals surface area (Å²) in [6.07, 6.45) is -7.04. The molecule has 162 valence electrons. The Kier molecular flexibility index (Phi) is 12.3. The van der Waals surface area contributed by atoms with Crippen molar-refractivity contribution in [1.82, 2.24) is 0 Å². The number of phenolic OH excluding ortho intramolecular Hbond substituents is 1. The Labute approximate surface area is 184 Å². The number of halogens is 5. The molecule has 1 aliphatic heterocycles. The summed E-state index contributed by atoms with van der Waals surface area (Å²) in [5, 5.41) is 61.1. The number of benzene rings is 1. The number of aromatic hydroxyl groups is 1. The number of ether oxygens (including phenoxy) is 1. The van der Waals surface area contributed by atoms with Crippen molar-refractivity contribution in [2.75, 3.05) is 6.61 Å². The van der Waals surface area contributed by atoms with Crippen molar-refractivity contribution in [3.05, 3.63) is 25.1 Å². The quantitative estimate of drug-likeness (QED) is 0.221. The Balaban J connectivity index is 0.000000439. The Morgan fingerprint density at radius 3 is 1.57 bits per heavy atom. The number of carboxylic acid groups (broad SMARTS) is 1. The van der Waals surface area contributed by atoms with Crippen molar-refractivity contribution >= 4 is 64.0 Å². The molecule has 0 aliphatic carbocycles. The van der Waals surface area contributed by atoms with Crippen LogP contribution in [0, 0.1) is 0 Å². The van der Waals surface area contributed by atoms with E-state index in [2.05, 4.69) is 4.74 Å². The lowest BCUT2D eigenvalue weighted by Gasteiger charge is -2.37. The van der Waals surface area contributed by atoms with Crippen molar-refractivity contribution in [3.8, 4) is 5.75 Å². The summed E-state index contributed by atoms with van der Waals surface area (Å²) in [5.74, 6) is -1.20. The van der Waals surface area contributed by atoms with Gasteiger partial charge in [0.25, 0.3) is 5.97 Å². The van der Waals surface area contributed by atoms with Crippen molar-refractivity contribution in [2.45, 2.75) is 37.6 Å². The van der Waals surface area contributed by atoms with Gasteiger partial charge in [0, 0.05) is 6.92 Å². The van der Waals surface area contributed by atoms with Crippen LogP contribution in [-0.2, 0) is 9.53 Å². The number of aliphatic carboxylic acids is 1. The Morgan fingerprint density at radius 1 is 0.857 bits per heavy atom. The maximum absolute atomic E-state index is 9.20. The average molecular weight is 507 g/mol. The second-order valence-corrected chi connectivity index (χ2v) is 7.05. The van der Waals surface area contributed by atoms with Crippen LogP contribution < -0.4 is 0 Å². The van der Waals surface area contributed by atoms with Gasteiger partial charge in [-0.15, -0.1) is 0 Å². The van der Waals surface area contributed by atoms with Gasteiger partial charge in [-0.05, 0) is 0 Å². The number of aliphatic hydroxyl groups is 5. The topological polar surface area (TPSA) is 168 Å². The van der Waals surface area contributed by atoms with Gasteiger partial charge in [-0.2, -0.15) is 0 Å². The first-order chi connectivity index (χ1) is 12.8. The van der Waals surface area contributed by atoms with Crippen LogP contribution in [-0.4, -0.2) is 79.0 Å². The van der Waals surface area contributed by atoms with E-state index in [1.54, 1.807) is 0 Å². The van der Waals surface area contributed by atoms with Gasteiger partial charge < -0.3 is 40.5 Å². The average Bonchev–Trinajstić information content (AvgIpc) is 2.64. The summed E-state index contributed by atoms with van der Waals surface area (Å²) in [5.41, 5.74) is 0. The maximum atomic E-state index is 9.20. The molecule has 1 aromatic rings. The molecule has 28 heavy (non-hydrogen) atoms. The van der Waals surface area contributed by atoms with Crippen LogP contribution in [0.25, 0.3) is 0 Å². The normalized spacial score (nSPS) is 26.5. The van der Waals surface area contributed by atoms with Gasteiger partial charge in [0.15, 0.2) is 12.0 Å². The summed E-state index contributed by atoms with van der Waals surface area (Å²) in [4.78, 5) is 9.00. The lowest BCUT2D eigenvalue weighted by atomic mass is 10.00. The zero-order valence-corrected chi connectivity index (χ0v) is 17.7. The molecule has 1 unspecified atom stereocenters. The molecule has 0 bridgehead atoms. The molecule has 0 saturated carbocycles. The number of aliphatic hydroxyl groups excluding tert-OH is 5. The number of hydrogen-bond donors (Lipinski definition) is 7. The zero-order chi connectivity index (χ0) is 22.3. The summed E-state index contributed by atoms with van der Waals surface area (Å²) < 4.78 is 4.58. The van der Waals surface area contributed by atoms with Crippen LogP contribution in [0.1, 0.15) is 6.92 Å². The van der Waals surface area contributed by atoms with Crippen molar-refractivity contribution < 1.29 is 45.3 Å². The minimum atomic E-state index is -1.57. The Hall–Kier alpha value is -0.300. The van der Waals surface area contributed by atoms with E-state index in [0.29, 0.717) is 0 Å². The third-order valence-corrected chi connectivity index (χ3v) is 5.31. The third kappa shape index (κ3) is 7.51. The fraction of sp³-hybridized carbons (Fsp3) is 0.500. The highest BCUT2D eigenvalue weighted by Gasteiger charge is 2.42. The van der Waals surface area contributed by atoms with Crippen LogP contribution in [0.15, 0.2) is 0 Å². The number of rotatable bonds is 1. The highest BCUT2D eigenvalue weighted by molar-refractivity contribution is 6.55. The monoisotopic (exact) mass is 504 g/mol. The van der Waals surface area contributed by atoms with Gasteiger partial charge in [-0.1, -0.05) is 58.0 Å². The first-order valence-electron chi connectivity index (χ1n) is 7.16. The van der Waals surface area contributed by atoms with Gasteiger partial charge in [0.05, 0.1) is 21.7 Å². The van der Waals surface area contributed by atoms with E-state index in [-0.39, 0.29) is 30.9 Å². The molecule has 1 saturated heterocycles. The van der Waals surface area contributed by atoms with E-state index in [1.807, 2.05) is 0 Å². The predicted molar refractivity (Wildman–Crippen MR) is 102 cm³/mol. The first-order valence-corrected chi connectivity index (χ1v) is 9.05. The molecule has 2 rings (SSSR count). The molecule has 0 radical (unpaired) electrons. The van der Waals surface area contributed by atoms with E-state index in [0.717, 1.165) is 6.92 Å². The maximum Gasteiger partial charge on any atom is 0.300 e. The van der Waals surface area contributed by atoms with Crippen LogP contribution in [0.3, 0.4) is 0 Å². The molecule has 1 aliphatic rings. The summed E-state index contributed by atoms with van der Waals surface area (Å²) in [6.45, 7) is 0.558. The minimum absolute atomic E-state index is 0.00904. The fourth-order valence-corrected chi connectivity index (χ4v) is 2.80. The molecule has 7 N–H and O–H groups in total. The molecule has 1 heterocycles. The molecule has 9 nitrogen and oxygen atoms in total. The molecule has 0 amide bonds. The number of phenols is 1. The van der Waals surface area contributed by atoms with E-state index in [9.17, 15) is 5.11 Å². The van der Waals surface area contributed by atoms with Gasteiger partial charge in [-0.25, -0.2) is 0 Å². The number of carboxylic acids is 1. The van der Waals surface area contributed by atoms with Crippen molar-refractivity contribution in [3.63, 3.8) is 0 Å². The van der Waals surface area contributed by atoms with Crippen LogP contribution in [0.4, 0.5) is 0 Å². The first kappa shape index (κ1) is 27.7. The molecular formula is C14H17Cl5O9. The smallest absolute Gasteiger partial charge is 0.300 e. The minimum Gasteiger partial charge on any atom is -0.505 e. The Morgan fingerprint density at radius 2 is 1.21 bits per heavy atom. The summed E-state index contributed by atoms with van der Waals surface area (Å²) in [6, 6.07) is 0.